The van der Waals surface area contributed by atoms with E-state index in [0.717, 1.165) is 67.9 Å². The smallest absolute Gasteiger partial charge is 1.00 e. The van der Waals surface area contributed by atoms with Gasteiger partial charge in [0.05, 0.1) is 0 Å². The molecule has 0 spiro atoms. The van der Waals surface area contributed by atoms with Crippen LogP contribution in [0.1, 0.15) is 22.3 Å². The molecule has 8 heteroatoms. The first-order valence-electron chi connectivity index (χ1n) is 21.4. The predicted molar refractivity (Wildman–Crippen MR) is 260 cm³/mol. The second kappa shape index (κ2) is 19.4. The van der Waals surface area contributed by atoms with Crippen LogP contribution in [-0.4, -0.2) is 22.8 Å². The van der Waals surface area contributed by atoms with Crippen LogP contribution in [0.25, 0.3) is 46.6 Å². The van der Waals surface area contributed by atoms with E-state index in [0.29, 0.717) is 0 Å². The van der Waals surface area contributed by atoms with E-state index < -0.39 is 0 Å². The number of benzene rings is 8. The third-order valence-corrected chi connectivity index (χ3v) is 12.4. The van der Waals surface area contributed by atoms with Gasteiger partial charge in [-0.2, -0.15) is 0 Å². The molecule has 8 aromatic rings. The third-order valence-electron chi connectivity index (χ3n) is 12.4. The zero-order chi connectivity index (χ0) is 42.1. The minimum atomic E-state index is 0. The van der Waals surface area contributed by atoms with Crippen molar-refractivity contribution in [2.75, 3.05) is 0 Å². The van der Waals surface area contributed by atoms with Gasteiger partial charge in [0.25, 0.3) is 0 Å². The van der Waals surface area contributed by atoms with Crippen molar-refractivity contribution in [2.24, 2.45) is 20.0 Å². The molecule has 8 aromatic carbocycles. The zero-order valence-electron chi connectivity index (χ0n) is 36.0. The number of hydrogen-bond acceptors (Lipinski definition) is 4. The first kappa shape index (κ1) is 46.8. The van der Waals surface area contributed by atoms with Gasteiger partial charge in [-0.1, -0.05) is 140 Å². The Hall–Kier alpha value is -6.25. The monoisotopic (exact) mass is 1060 g/mol. The van der Waals surface area contributed by atoms with Crippen LogP contribution in [0.15, 0.2) is 190 Å². The van der Waals surface area contributed by atoms with Crippen molar-refractivity contribution in [2.45, 2.75) is 0 Å². The normalized spacial score (nSPS) is 14.1. The van der Waals surface area contributed by atoms with E-state index in [1.165, 1.54) is 64.0 Å². The first-order chi connectivity index (χ1) is 31.7. The van der Waals surface area contributed by atoms with E-state index >= 15 is 0 Å². The SMILES string of the molecule is [Cl-].[Cl-].[Zr+2].[Zr+2].[c-]1cccc2c1C1=c3ccccc3=CC1=N2.[c-]1cccc2c1C1=c3ccccc3=CC1=N2.[c-]1cccc2c1C1=c3ccccc3=CC1=N2.[c-]1cccc2c1C1=c3ccccc3=CC1=N2. The van der Waals surface area contributed by atoms with Gasteiger partial charge < -0.3 is 44.8 Å². The molecule has 8 aliphatic rings. The van der Waals surface area contributed by atoms with E-state index in [-0.39, 0.29) is 77.2 Å². The largest absolute Gasteiger partial charge is 2.00 e. The molecule has 4 aliphatic carbocycles. The van der Waals surface area contributed by atoms with Crippen LogP contribution in [0, 0.1) is 24.3 Å². The summed E-state index contributed by atoms with van der Waals surface area (Å²) in [5.41, 5.74) is 18.0. The van der Waals surface area contributed by atoms with Crippen molar-refractivity contribution in [1.29, 1.82) is 0 Å². The Morgan fingerprint density at radius 2 is 0.485 bits per heavy atom. The van der Waals surface area contributed by atoms with E-state index in [1.54, 1.807) is 0 Å². The molecule has 0 saturated carbocycles. The molecule has 68 heavy (non-hydrogen) atoms. The molecule has 0 radical (unpaired) electrons. The maximum atomic E-state index is 4.62. The fourth-order valence-corrected chi connectivity index (χ4v) is 9.64. The Balaban J connectivity index is 0.000000111. The molecule has 16 rings (SSSR count). The van der Waals surface area contributed by atoms with Gasteiger partial charge in [0.2, 0.25) is 0 Å². The van der Waals surface area contributed by atoms with Gasteiger partial charge in [-0.15, -0.1) is 119 Å². The molecule has 0 unspecified atom stereocenters. The van der Waals surface area contributed by atoms with Gasteiger partial charge in [0, 0.05) is 22.8 Å². The van der Waals surface area contributed by atoms with E-state index in [1.807, 2.05) is 72.8 Å². The molecule has 0 aromatic heterocycles. The summed E-state index contributed by atoms with van der Waals surface area (Å²) in [5.74, 6) is 0. The Morgan fingerprint density at radius 3 is 0.721 bits per heavy atom. The molecule has 0 fully saturated rings. The predicted octanol–water partition coefficient (Wildman–Crippen LogP) is 0.267. The number of halogens is 2. The van der Waals surface area contributed by atoms with Crippen LogP contribution >= 0.6 is 0 Å². The average Bonchev–Trinajstić information content (AvgIpc) is 4.21. The molecule has 4 aliphatic heterocycles. The van der Waals surface area contributed by atoms with E-state index in [2.05, 4.69) is 166 Å². The second-order valence-corrected chi connectivity index (χ2v) is 16.1. The summed E-state index contributed by atoms with van der Waals surface area (Å²) >= 11 is 0. The van der Waals surface area contributed by atoms with Crippen molar-refractivity contribution >= 4 is 92.2 Å². The van der Waals surface area contributed by atoms with Crippen molar-refractivity contribution in [3.8, 4) is 0 Å². The summed E-state index contributed by atoms with van der Waals surface area (Å²) in [6, 6.07) is 70.7. The van der Waals surface area contributed by atoms with Gasteiger partial charge in [0.15, 0.2) is 0 Å². The molecule has 316 valence electrons. The van der Waals surface area contributed by atoms with Crippen LogP contribution < -0.4 is 66.6 Å². The minimum Gasteiger partial charge on any atom is -1.00 e. The van der Waals surface area contributed by atoms with Crippen LogP contribution in [0.3, 0.4) is 0 Å². The van der Waals surface area contributed by atoms with Crippen molar-refractivity contribution in [3.05, 3.63) is 258 Å². The first-order valence-corrected chi connectivity index (χ1v) is 21.4. The van der Waals surface area contributed by atoms with Gasteiger partial charge in [-0.25, -0.2) is 0 Å². The van der Waals surface area contributed by atoms with Crippen LogP contribution in [-0.2, 0) is 52.4 Å². The fraction of sp³-hybridized carbons (Fsp3) is 0. The Kier molecular flexibility index (Phi) is 13.4. The fourth-order valence-electron chi connectivity index (χ4n) is 9.64. The Bertz CT molecular complexity index is 3560. The Morgan fingerprint density at radius 1 is 0.265 bits per heavy atom. The number of aliphatic imine (C=N–C) groups is 4. The van der Waals surface area contributed by atoms with Crippen molar-refractivity contribution < 1.29 is 77.2 Å². The molecular weight excluding hydrogens is 1030 g/mol. The summed E-state index contributed by atoms with van der Waals surface area (Å²) in [4.78, 5) is 18.5. The standard InChI is InChI=1S/4C15H8N.2ClH.2Zr/c4*1-2-6-11-10(5-1)9-14-15(11)12-7-3-4-8-13(12)16-14;;;;/h4*1-6,8-9H;2*1H;;/q4*-1;;;2*+2/p-2. The molecule has 0 N–H and O–H groups in total. The van der Waals surface area contributed by atoms with Crippen molar-refractivity contribution in [1.82, 2.24) is 0 Å². The van der Waals surface area contributed by atoms with Gasteiger partial charge in [-0.05, 0) is 67.9 Å². The van der Waals surface area contributed by atoms with E-state index in [4.69, 9.17) is 0 Å². The molecule has 0 atom stereocenters. The van der Waals surface area contributed by atoms with Crippen molar-refractivity contribution in [3.63, 3.8) is 0 Å². The summed E-state index contributed by atoms with van der Waals surface area (Å²) in [5, 5.41) is 10.2. The quantitative estimate of drug-likeness (QED) is 0.196. The third kappa shape index (κ3) is 7.88. The number of rotatable bonds is 0. The van der Waals surface area contributed by atoms with E-state index in [9.17, 15) is 0 Å². The number of hydrogen-bond donors (Lipinski definition) is 0. The van der Waals surface area contributed by atoms with Gasteiger partial charge in [0.1, 0.15) is 0 Å². The summed E-state index contributed by atoms with van der Waals surface area (Å²) in [7, 11) is 0. The average molecular weight is 1060 g/mol. The minimum absolute atomic E-state index is 0. The maximum Gasteiger partial charge on any atom is 2.00 e. The molecule has 0 saturated heterocycles. The summed E-state index contributed by atoms with van der Waals surface area (Å²) < 4.78 is 0. The second-order valence-electron chi connectivity index (χ2n) is 16.1. The topological polar surface area (TPSA) is 49.4 Å². The molecule has 4 heterocycles. The van der Waals surface area contributed by atoms with Crippen LogP contribution in [0.5, 0.6) is 0 Å². The molecular formula is C60H32Cl2N4Zr2-2. The van der Waals surface area contributed by atoms with Crippen LogP contribution in [0.2, 0.25) is 0 Å². The van der Waals surface area contributed by atoms with Gasteiger partial charge >= 0.3 is 52.4 Å². The number of nitrogens with zero attached hydrogens (tertiary/aromatic N) is 4. The summed E-state index contributed by atoms with van der Waals surface area (Å²) in [6.07, 6.45) is 8.61. The molecule has 4 nitrogen and oxygen atoms in total. The van der Waals surface area contributed by atoms with Gasteiger partial charge in [-0.3, -0.25) is 0 Å². The summed E-state index contributed by atoms with van der Waals surface area (Å²) in [6.45, 7) is 0. The molecule has 0 amide bonds. The molecule has 0 bridgehead atoms. The maximum absolute atomic E-state index is 4.62. The number of fused-ring (bicyclic) bond motifs is 16. The Labute approximate surface area is 443 Å². The van der Waals surface area contributed by atoms with Crippen LogP contribution in [0.4, 0.5) is 22.7 Å². The zero-order valence-corrected chi connectivity index (χ0v) is 42.4.